The van der Waals surface area contributed by atoms with Crippen LogP contribution in [0.1, 0.15) is 6.92 Å². The minimum Gasteiger partial charge on any atom is -0.394 e. The SMILES string of the molecule is CC[Si](OC)(OC)c1ccc(-c2cc(F)c(F)c(F)c2F)cc1. The molecule has 2 rings (SSSR count). The molecule has 7 heteroatoms. The summed E-state index contributed by atoms with van der Waals surface area (Å²) in [5, 5.41) is 0.803. The summed E-state index contributed by atoms with van der Waals surface area (Å²) >= 11 is 0. The number of rotatable bonds is 5. The van der Waals surface area contributed by atoms with Gasteiger partial charge in [-0.2, -0.15) is 0 Å². The molecule has 0 saturated heterocycles. The quantitative estimate of drug-likeness (QED) is 0.355. The molecule has 0 spiro atoms. The number of hydrogen-bond acceptors (Lipinski definition) is 2. The minimum atomic E-state index is -2.56. The van der Waals surface area contributed by atoms with Gasteiger partial charge in [0.1, 0.15) is 0 Å². The highest BCUT2D eigenvalue weighted by molar-refractivity contribution is 6.81. The second-order valence-corrected chi connectivity index (χ2v) is 8.55. The van der Waals surface area contributed by atoms with Gasteiger partial charge < -0.3 is 8.85 Å². The van der Waals surface area contributed by atoms with E-state index in [-0.39, 0.29) is 11.1 Å². The van der Waals surface area contributed by atoms with E-state index in [1.165, 1.54) is 12.1 Å². The summed E-state index contributed by atoms with van der Waals surface area (Å²) < 4.78 is 64.6. The Morgan fingerprint density at radius 3 is 1.91 bits per heavy atom. The average molecular weight is 344 g/mol. The Balaban J connectivity index is 2.49. The molecule has 0 bridgehead atoms. The molecule has 2 aromatic carbocycles. The first kappa shape index (κ1) is 17.6. The van der Waals surface area contributed by atoms with Gasteiger partial charge in [0.2, 0.25) is 0 Å². The van der Waals surface area contributed by atoms with Crippen molar-refractivity contribution in [2.75, 3.05) is 14.2 Å². The Morgan fingerprint density at radius 1 is 0.870 bits per heavy atom. The molecule has 0 radical (unpaired) electrons. The summed E-state index contributed by atoms with van der Waals surface area (Å²) in [5.74, 6) is -6.50. The van der Waals surface area contributed by atoms with Crippen molar-refractivity contribution in [2.24, 2.45) is 0 Å². The Morgan fingerprint density at radius 2 is 1.43 bits per heavy atom. The van der Waals surface area contributed by atoms with Gasteiger partial charge in [-0.15, -0.1) is 0 Å². The van der Waals surface area contributed by atoms with E-state index in [9.17, 15) is 17.6 Å². The van der Waals surface area contributed by atoms with Gasteiger partial charge in [-0.05, 0) is 22.9 Å². The molecule has 0 amide bonds. The Bertz CT molecular complexity index is 692. The predicted molar refractivity (Wildman–Crippen MR) is 81.6 cm³/mol. The van der Waals surface area contributed by atoms with Gasteiger partial charge in [0.05, 0.1) is 0 Å². The van der Waals surface area contributed by atoms with Crippen LogP contribution >= 0.6 is 0 Å². The van der Waals surface area contributed by atoms with Crippen LogP contribution in [0.15, 0.2) is 30.3 Å². The van der Waals surface area contributed by atoms with Gasteiger partial charge in [0.25, 0.3) is 0 Å². The maximum atomic E-state index is 13.8. The van der Waals surface area contributed by atoms with Crippen LogP contribution in [0.5, 0.6) is 0 Å². The fourth-order valence-corrected chi connectivity index (χ4v) is 4.80. The lowest BCUT2D eigenvalue weighted by molar-refractivity contribution is 0.259. The second kappa shape index (κ2) is 6.82. The maximum Gasteiger partial charge on any atom is 0.371 e. The second-order valence-electron chi connectivity index (χ2n) is 4.94. The molecule has 0 saturated carbocycles. The third kappa shape index (κ3) is 3.04. The van der Waals surface area contributed by atoms with Crippen LogP contribution in [0.2, 0.25) is 6.04 Å². The summed E-state index contributed by atoms with van der Waals surface area (Å²) in [7, 11) is 0.543. The molecule has 124 valence electrons. The Labute approximate surface area is 132 Å². The van der Waals surface area contributed by atoms with Crippen molar-refractivity contribution < 1.29 is 26.4 Å². The molecule has 2 nitrogen and oxygen atoms in total. The smallest absolute Gasteiger partial charge is 0.371 e. The molecule has 0 fully saturated rings. The summed E-state index contributed by atoms with van der Waals surface area (Å²) in [6.45, 7) is 1.93. The highest BCUT2D eigenvalue weighted by Crippen LogP contribution is 2.27. The van der Waals surface area contributed by atoms with Crippen molar-refractivity contribution in [3.63, 3.8) is 0 Å². The van der Waals surface area contributed by atoms with E-state index in [0.29, 0.717) is 12.1 Å². The van der Waals surface area contributed by atoms with Crippen molar-refractivity contribution in [1.29, 1.82) is 0 Å². The zero-order chi connectivity index (χ0) is 17.2. The number of hydrogen-bond donors (Lipinski definition) is 0. The molecule has 0 aliphatic carbocycles. The van der Waals surface area contributed by atoms with Gasteiger partial charge in [0, 0.05) is 19.8 Å². The summed E-state index contributed by atoms with van der Waals surface area (Å²) in [6.07, 6.45) is 0. The highest BCUT2D eigenvalue weighted by Gasteiger charge is 2.35. The van der Waals surface area contributed by atoms with E-state index >= 15 is 0 Å². The molecule has 2 aromatic rings. The van der Waals surface area contributed by atoms with E-state index in [0.717, 1.165) is 5.19 Å². The van der Waals surface area contributed by atoms with Crippen LogP contribution in [0, 0.1) is 23.3 Å². The van der Waals surface area contributed by atoms with Crippen molar-refractivity contribution in [2.45, 2.75) is 13.0 Å². The zero-order valence-electron chi connectivity index (χ0n) is 12.9. The molecule has 0 N–H and O–H groups in total. The number of halogens is 4. The molecule has 0 atom stereocenters. The fraction of sp³-hybridized carbons (Fsp3) is 0.250. The first-order valence-corrected chi connectivity index (χ1v) is 8.96. The average Bonchev–Trinajstić information content (AvgIpc) is 2.59. The molecule has 23 heavy (non-hydrogen) atoms. The monoisotopic (exact) mass is 344 g/mol. The van der Waals surface area contributed by atoms with E-state index < -0.39 is 31.8 Å². The van der Waals surface area contributed by atoms with Gasteiger partial charge in [-0.1, -0.05) is 31.2 Å². The van der Waals surface area contributed by atoms with Crippen LogP contribution in [-0.2, 0) is 8.85 Å². The summed E-state index contributed by atoms with van der Waals surface area (Å²) in [4.78, 5) is 0. The lowest BCUT2D eigenvalue weighted by atomic mass is 10.0. The van der Waals surface area contributed by atoms with Crippen LogP contribution in [0.3, 0.4) is 0 Å². The van der Waals surface area contributed by atoms with E-state index in [4.69, 9.17) is 8.85 Å². The summed E-state index contributed by atoms with van der Waals surface area (Å²) in [5.41, 5.74) is -0.109. The fourth-order valence-electron chi connectivity index (χ4n) is 2.50. The van der Waals surface area contributed by atoms with Crippen molar-refractivity contribution >= 4 is 13.7 Å². The molecule has 0 aliphatic heterocycles. The summed E-state index contributed by atoms with van der Waals surface area (Å²) in [6, 6.07) is 7.63. The van der Waals surface area contributed by atoms with E-state index in [1.54, 1.807) is 26.4 Å². The molecular weight excluding hydrogens is 328 g/mol. The maximum absolute atomic E-state index is 13.8. The Hall–Kier alpha value is -1.70. The van der Waals surface area contributed by atoms with Crippen LogP contribution < -0.4 is 5.19 Å². The van der Waals surface area contributed by atoms with Gasteiger partial charge >= 0.3 is 8.56 Å². The van der Waals surface area contributed by atoms with Crippen LogP contribution in [0.4, 0.5) is 17.6 Å². The molecular formula is C16H16F4O2Si. The third-order valence-electron chi connectivity index (χ3n) is 3.86. The highest BCUT2D eigenvalue weighted by atomic mass is 28.4. The minimum absolute atomic E-state index is 0.232. The van der Waals surface area contributed by atoms with Gasteiger partial charge in [-0.25, -0.2) is 17.6 Å². The van der Waals surface area contributed by atoms with Crippen molar-refractivity contribution in [3.8, 4) is 11.1 Å². The topological polar surface area (TPSA) is 18.5 Å². The molecule has 0 heterocycles. The molecule has 0 aliphatic rings. The third-order valence-corrected chi connectivity index (χ3v) is 7.33. The van der Waals surface area contributed by atoms with Crippen LogP contribution in [-0.4, -0.2) is 22.8 Å². The first-order chi connectivity index (χ1) is 10.9. The lowest BCUT2D eigenvalue weighted by Gasteiger charge is -2.26. The predicted octanol–water partition coefficient (Wildman–Crippen LogP) is 3.87. The molecule has 0 unspecified atom stereocenters. The zero-order valence-corrected chi connectivity index (χ0v) is 13.9. The standard InChI is InChI=1S/C16H16F4O2Si/c1-4-23(21-2,22-3)11-7-5-10(6-8-11)12-9-13(17)15(19)16(20)14(12)18/h5-9H,4H2,1-3H3. The van der Waals surface area contributed by atoms with Gasteiger partial charge in [-0.3, -0.25) is 0 Å². The van der Waals surface area contributed by atoms with Gasteiger partial charge in [0.15, 0.2) is 23.3 Å². The van der Waals surface area contributed by atoms with Crippen molar-refractivity contribution in [1.82, 2.24) is 0 Å². The van der Waals surface area contributed by atoms with E-state index in [1.807, 2.05) is 6.92 Å². The first-order valence-electron chi connectivity index (χ1n) is 6.94. The normalized spacial score (nSPS) is 11.8. The lowest BCUT2D eigenvalue weighted by Crippen LogP contribution is -2.51. The number of benzene rings is 2. The molecule has 0 aromatic heterocycles. The van der Waals surface area contributed by atoms with Crippen molar-refractivity contribution in [3.05, 3.63) is 53.6 Å². The van der Waals surface area contributed by atoms with Crippen LogP contribution in [0.25, 0.3) is 11.1 Å². The van der Waals surface area contributed by atoms with E-state index in [2.05, 4.69) is 0 Å². The largest absolute Gasteiger partial charge is 0.394 e. The Kier molecular flexibility index (Phi) is 5.23.